The van der Waals surface area contributed by atoms with Crippen molar-refractivity contribution in [2.24, 2.45) is 0 Å². The molecule has 0 spiro atoms. The molecule has 0 aliphatic heterocycles. The fraction of sp³-hybridized carbons (Fsp3) is 0. The standard InChI is InChI=1S/C6H5NO2.C6H7O3P/c8-7(9)6-4-2-1-3-5-6;7-10(8,9)6-4-2-1-3-5-6/h1-5H;1-5H,(H2,7,8,9). The molecular formula is C12H12NO5P. The molecule has 0 aliphatic carbocycles. The lowest BCUT2D eigenvalue weighted by Crippen LogP contribution is -2.01. The predicted octanol–water partition coefficient (Wildman–Crippen LogP) is 2.08. The Balaban J connectivity index is 0.000000191. The Labute approximate surface area is 109 Å². The third kappa shape index (κ3) is 5.44. The minimum atomic E-state index is -4.02. The van der Waals surface area contributed by atoms with Crippen molar-refractivity contribution in [3.63, 3.8) is 0 Å². The second-order valence-electron chi connectivity index (χ2n) is 3.47. The smallest absolute Gasteiger partial charge is 0.321 e. The van der Waals surface area contributed by atoms with Crippen molar-refractivity contribution >= 4 is 18.6 Å². The normalized spacial score (nSPS) is 10.2. The molecule has 0 atom stereocenters. The monoisotopic (exact) mass is 281 g/mol. The highest BCUT2D eigenvalue weighted by Crippen LogP contribution is 2.32. The number of hydrogen-bond acceptors (Lipinski definition) is 3. The number of hydrogen-bond donors (Lipinski definition) is 2. The zero-order valence-corrected chi connectivity index (χ0v) is 10.7. The van der Waals surface area contributed by atoms with Crippen LogP contribution in [-0.2, 0) is 4.57 Å². The van der Waals surface area contributed by atoms with Gasteiger partial charge in [0.05, 0.1) is 10.2 Å². The van der Waals surface area contributed by atoms with E-state index in [2.05, 4.69) is 0 Å². The highest BCUT2D eigenvalue weighted by atomic mass is 31.2. The maximum atomic E-state index is 10.5. The lowest BCUT2D eigenvalue weighted by Gasteiger charge is -2.00. The second kappa shape index (κ2) is 6.80. The van der Waals surface area contributed by atoms with Gasteiger partial charge in [-0.3, -0.25) is 14.7 Å². The van der Waals surface area contributed by atoms with Crippen LogP contribution in [0.5, 0.6) is 0 Å². The number of benzene rings is 2. The SMILES string of the molecule is O=P(O)(O)c1ccccc1.O=[N+]([O-])c1ccccc1. The van der Waals surface area contributed by atoms with Crippen LogP contribution >= 0.6 is 7.60 Å². The molecule has 0 fully saturated rings. The summed E-state index contributed by atoms with van der Waals surface area (Å²) in [5.74, 6) is 0. The van der Waals surface area contributed by atoms with Crippen molar-refractivity contribution < 1.29 is 19.3 Å². The minimum absolute atomic E-state index is 0.0648. The quantitative estimate of drug-likeness (QED) is 0.498. The summed E-state index contributed by atoms with van der Waals surface area (Å²) in [5, 5.41) is 10.1. The van der Waals surface area contributed by atoms with Gasteiger partial charge in [-0.05, 0) is 12.1 Å². The van der Waals surface area contributed by atoms with E-state index in [4.69, 9.17) is 9.79 Å². The molecule has 7 heteroatoms. The molecule has 2 rings (SSSR count). The van der Waals surface area contributed by atoms with Crippen molar-refractivity contribution in [1.82, 2.24) is 0 Å². The molecule has 0 saturated carbocycles. The summed E-state index contributed by atoms with van der Waals surface area (Å²) in [5.41, 5.74) is 0.137. The van der Waals surface area contributed by atoms with Crippen LogP contribution in [0.2, 0.25) is 0 Å². The van der Waals surface area contributed by atoms with Gasteiger partial charge in [0.1, 0.15) is 0 Å². The van der Waals surface area contributed by atoms with Crippen molar-refractivity contribution in [2.75, 3.05) is 0 Å². The van der Waals surface area contributed by atoms with E-state index < -0.39 is 12.5 Å². The van der Waals surface area contributed by atoms with Gasteiger partial charge in [-0.2, -0.15) is 0 Å². The Hall–Kier alpha value is -2.01. The van der Waals surface area contributed by atoms with Crippen LogP contribution in [0.25, 0.3) is 0 Å². The van der Waals surface area contributed by atoms with Crippen LogP contribution < -0.4 is 5.30 Å². The van der Waals surface area contributed by atoms with Crippen LogP contribution in [0.15, 0.2) is 60.7 Å². The van der Waals surface area contributed by atoms with E-state index in [0.29, 0.717) is 0 Å². The first-order chi connectivity index (χ1) is 8.91. The van der Waals surface area contributed by atoms with E-state index >= 15 is 0 Å². The Morgan fingerprint density at radius 2 is 1.32 bits per heavy atom. The average Bonchev–Trinajstić information content (AvgIpc) is 2.40. The summed E-state index contributed by atoms with van der Waals surface area (Å²) in [6, 6.07) is 15.6. The molecule has 19 heavy (non-hydrogen) atoms. The predicted molar refractivity (Wildman–Crippen MR) is 71.2 cm³/mol. The molecule has 0 saturated heterocycles. The third-order valence-corrected chi connectivity index (χ3v) is 3.03. The largest absolute Gasteiger partial charge is 0.356 e. The molecule has 0 radical (unpaired) electrons. The zero-order valence-electron chi connectivity index (χ0n) is 9.79. The lowest BCUT2D eigenvalue weighted by atomic mass is 10.3. The van der Waals surface area contributed by atoms with Crippen molar-refractivity contribution in [1.29, 1.82) is 0 Å². The fourth-order valence-electron chi connectivity index (χ4n) is 1.17. The maximum absolute atomic E-state index is 10.5. The Morgan fingerprint density at radius 1 is 0.895 bits per heavy atom. The maximum Gasteiger partial charge on any atom is 0.356 e. The molecule has 100 valence electrons. The topological polar surface area (TPSA) is 101 Å². The molecule has 0 aliphatic rings. The lowest BCUT2D eigenvalue weighted by molar-refractivity contribution is -0.384. The molecular weight excluding hydrogens is 269 g/mol. The number of rotatable bonds is 2. The van der Waals surface area contributed by atoms with Gasteiger partial charge < -0.3 is 9.79 Å². The second-order valence-corrected chi connectivity index (χ2v) is 5.08. The van der Waals surface area contributed by atoms with Gasteiger partial charge in [-0.15, -0.1) is 0 Å². The van der Waals surface area contributed by atoms with Gasteiger partial charge in [0, 0.05) is 12.1 Å². The van der Waals surface area contributed by atoms with E-state index in [1.165, 1.54) is 24.3 Å². The van der Waals surface area contributed by atoms with Crippen LogP contribution in [-0.4, -0.2) is 14.7 Å². The summed E-state index contributed by atoms with van der Waals surface area (Å²) in [4.78, 5) is 26.8. The summed E-state index contributed by atoms with van der Waals surface area (Å²) in [7, 11) is -4.02. The van der Waals surface area contributed by atoms with Crippen LogP contribution in [0, 0.1) is 10.1 Å². The van der Waals surface area contributed by atoms with E-state index in [1.807, 2.05) is 0 Å². The highest BCUT2D eigenvalue weighted by molar-refractivity contribution is 7.60. The van der Waals surface area contributed by atoms with Gasteiger partial charge in [0.25, 0.3) is 5.69 Å². The Bertz CT molecular complexity index is 567. The van der Waals surface area contributed by atoms with Crippen molar-refractivity contribution in [3.05, 3.63) is 70.8 Å². The summed E-state index contributed by atoms with van der Waals surface area (Å²) < 4.78 is 10.5. The van der Waals surface area contributed by atoms with Crippen LogP contribution in [0.1, 0.15) is 0 Å². The molecule has 2 aromatic carbocycles. The van der Waals surface area contributed by atoms with E-state index in [9.17, 15) is 14.7 Å². The first kappa shape index (κ1) is 15.0. The number of para-hydroxylation sites is 1. The number of nitro benzene ring substituents is 1. The highest BCUT2D eigenvalue weighted by Gasteiger charge is 2.14. The molecule has 0 amide bonds. The minimum Gasteiger partial charge on any atom is -0.321 e. The van der Waals surface area contributed by atoms with Crippen LogP contribution in [0.4, 0.5) is 5.69 Å². The zero-order chi connectivity index (χ0) is 14.3. The van der Waals surface area contributed by atoms with E-state index in [-0.39, 0.29) is 11.0 Å². The summed E-state index contributed by atoms with van der Waals surface area (Å²) in [6.07, 6.45) is 0. The summed E-state index contributed by atoms with van der Waals surface area (Å²) >= 11 is 0. The van der Waals surface area contributed by atoms with E-state index in [1.54, 1.807) is 36.4 Å². The van der Waals surface area contributed by atoms with Gasteiger partial charge in [0.15, 0.2) is 0 Å². The van der Waals surface area contributed by atoms with Crippen molar-refractivity contribution in [3.8, 4) is 0 Å². The Morgan fingerprint density at radius 3 is 1.58 bits per heavy atom. The van der Waals surface area contributed by atoms with Gasteiger partial charge in [-0.1, -0.05) is 36.4 Å². The number of non-ortho nitro benzene ring substituents is 1. The molecule has 6 nitrogen and oxygen atoms in total. The van der Waals surface area contributed by atoms with E-state index in [0.717, 1.165) is 0 Å². The van der Waals surface area contributed by atoms with Gasteiger partial charge in [-0.25, -0.2) is 0 Å². The molecule has 0 bridgehead atoms. The van der Waals surface area contributed by atoms with Crippen molar-refractivity contribution in [2.45, 2.75) is 0 Å². The molecule has 0 aromatic heterocycles. The molecule has 0 heterocycles. The first-order valence-electron chi connectivity index (χ1n) is 5.22. The number of nitrogens with zero attached hydrogens (tertiary/aromatic N) is 1. The fourth-order valence-corrected chi connectivity index (χ4v) is 1.73. The molecule has 2 N–H and O–H groups in total. The Kier molecular flexibility index (Phi) is 5.38. The van der Waals surface area contributed by atoms with Gasteiger partial charge >= 0.3 is 7.60 Å². The first-order valence-corrected chi connectivity index (χ1v) is 6.83. The number of nitro groups is 1. The molecule has 0 unspecified atom stereocenters. The average molecular weight is 281 g/mol. The van der Waals surface area contributed by atoms with Crippen LogP contribution in [0.3, 0.4) is 0 Å². The van der Waals surface area contributed by atoms with Gasteiger partial charge in [0.2, 0.25) is 0 Å². The molecule has 2 aromatic rings. The summed E-state index contributed by atoms with van der Waals surface area (Å²) in [6.45, 7) is 0. The third-order valence-electron chi connectivity index (χ3n) is 2.06.